The lowest BCUT2D eigenvalue weighted by Crippen LogP contribution is -2.56. The summed E-state index contributed by atoms with van der Waals surface area (Å²) in [4.78, 5) is 21.9. The molecule has 2 aromatic carbocycles. The van der Waals surface area contributed by atoms with Crippen LogP contribution in [-0.2, 0) is 20.7 Å². The van der Waals surface area contributed by atoms with E-state index in [1.807, 2.05) is 0 Å². The second-order valence-electron chi connectivity index (χ2n) is 10.3. The average Bonchev–Trinajstić information content (AvgIpc) is 3.32. The third-order valence-electron chi connectivity index (χ3n) is 8.29. The molecule has 190 valence electrons. The van der Waals surface area contributed by atoms with E-state index in [4.69, 9.17) is 9.47 Å². The molecule has 1 aromatic heterocycles. The van der Waals surface area contributed by atoms with E-state index in [-0.39, 0.29) is 24.1 Å². The fraction of sp³-hybridized carbons (Fsp3) is 0.483. The van der Waals surface area contributed by atoms with Crippen LogP contribution in [0.2, 0.25) is 0 Å². The summed E-state index contributed by atoms with van der Waals surface area (Å²) in [6, 6.07) is 19.4. The van der Waals surface area contributed by atoms with E-state index in [1.54, 1.807) is 0 Å². The molecule has 3 aliphatic heterocycles. The van der Waals surface area contributed by atoms with Crippen molar-refractivity contribution in [3.8, 4) is 0 Å². The summed E-state index contributed by atoms with van der Waals surface area (Å²) in [5.74, 6) is -0.143. The third-order valence-corrected chi connectivity index (χ3v) is 8.29. The zero-order chi connectivity index (χ0) is 24.5. The van der Waals surface area contributed by atoms with Crippen LogP contribution in [0.5, 0.6) is 0 Å². The Hall–Kier alpha value is -2.71. The molecule has 6 rings (SSSR count). The molecule has 3 aliphatic rings. The van der Waals surface area contributed by atoms with E-state index < -0.39 is 0 Å². The van der Waals surface area contributed by atoms with Gasteiger partial charge in [-0.1, -0.05) is 48.5 Å². The molecule has 0 saturated carbocycles. The van der Waals surface area contributed by atoms with Crippen molar-refractivity contribution >= 4 is 16.9 Å². The van der Waals surface area contributed by atoms with Gasteiger partial charge in [0.25, 0.3) is 0 Å². The Balaban J connectivity index is 1.34. The number of hydrogen-bond acceptors (Lipinski definition) is 6. The second kappa shape index (κ2) is 10.3. The first-order valence-corrected chi connectivity index (χ1v) is 13.3. The smallest absolute Gasteiger partial charge is 0.323 e. The monoisotopic (exact) mass is 488 g/mol. The standard InChI is InChI=1S/C29H36N4O3/c1-35-29(34)27-19-23-22-9-5-6-10-24(22)31-28(23)26-18-21(30-11-12-32-13-15-36-16-14-32)17-25(33(26)27)20-7-3-2-4-8-20/h2-10,21,25-27,30-31H,11-19H2,1H3. The number of fused-ring (bicyclic) bond motifs is 5. The Kier molecular flexibility index (Phi) is 6.80. The number of piperidine rings is 1. The number of esters is 1. The van der Waals surface area contributed by atoms with Gasteiger partial charge >= 0.3 is 5.97 Å². The topological polar surface area (TPSA) is 69.8 Å². The van der Waals surface area contributed by atoms with E-state index in [9.17, 15) is 4.79 Å². The quantitative estimate of drug-likeness (QED) is 0.518. The minimum absolute atomic E-state index is 0.116. The Labute approximate surface area is 212 Å². The fourth-order valence-corrected chi connectivity index (χ4v) is 6.56. The van der Waals surface area contributed by atoms with Crippen molar-refractivity contribution in [2.24, 2.45) is 0 Å². The number of hydrogen-bond donors (Lipinski definition) is 2. The van der Waals surface area contributed by atoms with Gasteiger partial charge in [-0.25, -0.2) is 0 Å². The molecule has 0 aliphatic carbocycles. The number of benzene rings is 2. The molecule has 4 heterocycles. The number of aromatic amines is 1. The van der Waals surface area contributed by atoms with Crippen LogP contribution in [0.15, 0.2) is 54.6 Å². The molecule has 0 bridgehead atoms. The van der Waals surface area contributed by atoms with Crippen LogP contribution in [0.4, 0.5) is 0 Å². The summed E-state index contributed by atoms with van der Waals surface area (Å²) in [6.45, 7) is 5.66. The Morgan fingerprint density at radius 3 is 2.61 bits per heavy atom. The zero-order valence-electron chi connectivity index (χ0n) is 21.0. The highest BCUT2D eigenvalue weighted by atomic mass is 16.5. The van der Waals surface area contributed by atoms with Crippen LogP contribution >= 0.6 is 0 Å². The maximum atomic E-state index is 13.2. The Bertz CT molecular complexity index is 1190. The van der Waals surface area contributed by atoms with Gasteiger partial charge in [0.2, 0.25) is 0 Å². The molecule has 2 fully saturated rings. The average molecular weight is 489 g/mol. The van der Waals surface area contributed by atoms with E-state index in [0.717, 1.165) is 57.8 Å². The van der Waals surface area contributed by atoms with Crippen LogP contribution in [0.1, 0.15) is 41.7 Å². The van der Waals surface area contributed by atoms with Gasteiger partial charge in [-0.3, -0.25) is 14.6 Å². The molecule has 2 N–H and O–H groups in total. The molecule has 0 spiro atoms. The number of morpholine rings is 1. The van der Waals surface area contributed by atoms with Gasteiger partial charge in [0, 0.05) is 61.3 Å². The lowest BCUT2D eigenvalue weighted by molar-refractivity contribution is -0.152. The van der Waals surface area contributed by atoms with Gasteiger partial charge < -0.3 is 19.8 Å². The van der Waals surface area contributed by atoms with Crippen molar-refractivity contribution in [3.63, 3.8) is 0 Å². The number of nitrogens with one attached hydrogen (secondary N) is 2. The number of methoxy groups -OCH3 is 1. The second-order valence-corrected chi connectivity index (χ2v) is 10.3. The number of rotatable bonds is 6. The Morgan fingerprint density at radius 1 is 1.06 bits per heavy atom. The van der Waals surface area contributed by atoms with Crippen LogP contribution in [0.25, 0.3) is 10.9 Å². The van der Waals surface area contributed by atoms with Gasteiger partial charge in [0.15, 0.2) is 0 Å². The molecule has 7 nitrogen and oxygen atoms in total. The first kappa shape index (κ1) is 23.7. The van der Waals surface area contributed by atoms with E-state index in [0.29, 0.717) is 12.5 Å². The fourth-order valence-electron chi connectivity index (χ4n) is 6.56. The molecular weight excluding hydrogens is 452 g/mol. The van der Waals surface area contributed by atoms with E-state index in [2.05, 4.69) is 74.7 Å². The predicted molar refractivity (Wildman–Crippen MR) is 140 cm³/mol. The maximum absolute atomic E-state index is 13.2. The van der Waals surface area contributed by atoms with Crippen LogP contribution in [-0.4, -0.2) is 79.3 Å². The number of H-pyrrole nitrogens is 1. The normalized spacial score (nSPS) is 26.9. The Morgan fingerprint density at radius 2 is 1.81 bits per heavy atom. The summed E-state index contributed by atoms with van der Waals surface area (Å²) in [5.41, 5.74) is 4.93. The highest BCUT2D eigenvalue weighted by molar-refractivity contribution is 5.87. The predicted octanol–water partition coefficient (Wildman–Crippen LogP) is 3.43. The zero-order valence-corrected chi connectivity index (χ0v) is 21.0. The van der Waals surface area contributed by atoms with Crippen molar-refractivity contribution in [1.29, 1.82) is 0 Å². The largest absolute Gasteiger partial charge is 0.468 e. The summed E-state index contributed by atoms with van der Waals surface area (Å²) in [7, 11) is 1.51. The summed E-state index contributed by atoms with van der Waals surface area (Å²) < 4.78 is 10.9. The minimum Gasteiger partial charge on any atom is -0.468 e. The van der Waals surface area contributed by atoms with Crippen LogP contribution in [0, 0.1) is 0 Å². The summed E-state index contributed by atoms with van der Waals surface area (Å²) in [6.07, 6.45) is 2.59. The SMILES string of the molecule is COC(=O)C1Cc2c([nH]c3ccccc23)C2CC(NCCN3CCOCC3)CC(c3ccccc3)N12. The van der Waals surface area contributed by atoms with Crippen LogP contribution < -0.4 is 5.32 Å². The van der Waals surface area contributed by atoms with Crippen molar-refractivity contribution in [3.05, 3.63) is 71.4 Å². The molecule has 0 amide bonds. The van der Waals surface area contributed by atoms with E-state index >= 15 is 0 Å². The molecule has 4 atom stereocenters. The number of aromatic nitrogens is 1. The van der Waals surface area contributed by atoms with Crippen molar-refractivity contribution in [2.45, 2.75) is 43.4 Å². The summed E-state index contributed by atoms with van der Waals surface area (Å²) in [5, 5.41) is 5.11. The number of carbonyl (C=O) groups is 1. The lowest BCUT2D eigenvalue weighted by Gasteiger charge is -2.51. The molecule has 36 heavy (non-hydrogen) atoms. The maximum Gasteiger partial charge on any atom is 0.323 e. The van der Waals surface area contributed by atoms with Gasteiger partial charge in [-0.15, -0.1) is 0 Å². The number of para-hydroxylation sites is 1. The number of nitrogens with zero attached hydrogens (tertiary/aromatic N) is 2. The molecule has 3 aromatic rings. The molecular formula is C29H36N4O3. The minimum atomic E-state index is -0.300. The summed E-state index contributed by atoms with van der Waals surface area (Å²) >= 11 is 0. The van der Waals surface area contributed by atoms with Crippen molar-refractivity contribution in [1.82, 2.24) is 20.1 Å². The first-order valence-electron chi connectivity index (χ1n) is 13.3. The van der Waals surface area contributed by atoms with Crippen molar-refractivity contribution in [2.75, 3.05) is 46.5 Å². The van der Waals surface area contributed by atoms with Crippen LogP contribution in [0.3, 0.4) is 0 Å². The number of carbonyl (C=O) groups excluding carboxylic acids is 1. The molecule has 0 radical (unpaired) electrons. The first-order chi connectivity index (χ1) is 17.7. The van der Waals surface area contributed by atoms with Gasteiger partial charge in [0.1, 0.15) is 6.04 Å². The van der Waals surface area contributed by atoms with Crippen molar-refractivity contribution < 1.29 is 14.3 Å². The van der Waals surface area contributed by atoms with Gasteiger partial charge in [0.05, 0.1) is 26.4 Å². The highest BCUT2D eigenvalue weighted by Crippen LogP contribution is 2.48. The molecule has 4 unspecified atom stereocenters. The molecule has 7 heteroatoms. The van der Waals surface area contributed by atoms with Gasteiger partial charge in [-0.05, 0) is 30.0 Å². The molecule has 2 saturated heterocycles. The third kappa shape index (κ3) is 4.45. The highest BCUT2D eigenvalue weighted by Gasteiger charge is 2.48. The lowest BCUT2D eigenvalue weighted by atomic mass is 9.79. The van der Waals surface area contributed by atoms with Gasteiger partial charge in [-0.2, -0.15) is 0 Å². The number of ether oxygens (including phenoxy) is 2. The van der Waals surface area contributed by atoms with E-state index in [1.165, 1.54) is 29.3 Å².